The normalized spacial score (nSPS) is 19.6. The summed E-state index contributed by atoms with van der Waals surface area (Å²) in [5.41, 5.74) is 8.38. The Morgan fingerprint density at radius 3 is 2.52 bits per heavy atom. The fourth-order valence-corrected chi connectivity index (χ4v) is 3.32. The molecule has 144 valence electrons. The number of rotatable bonds is 5. The molecule has 2 atom stereocenters. The largest absolute Gasteiger partial charge is 0.489 e. The predicted molar refractivity (Wildman–Crippen MR) is 101 cm³/mol. The monoisotopic (exact) mass is 376 g/mol. The number of hydrogen-bond donors (Lipinski definition) is 1. The molecule has 0 aromatic heterocycles. The van der Waals surface area contributed by atoms with E-state index in [1.807, 2.05) is 49.3 Å². The second kappa shape index (κ2) is 8.05. The van der Waals surface area contributed by atoms with Crippen LogP contribution in [0.4, 0.5) is 18.9 Å². The molecule has 0 heterocycles. The van der Waals surface area contributed by atoms with Crippen molar-refractivity contribution in [1.82, 2.24) is 0 Å². The van der Waals surface area contributed by atoms with Crippen LogP contribution in [0.3, 0.4) is 0 Å². The zero-order chi connectivity index (χ0) is 19.6. The van der Waals surface area contributed by atoms with Gasteiger partial charge in [0.25, 0.3) is 0 Å². The lowest BCUT2D eigenvalue weighted by atomic mass is 9.81. The Morgan fingerprint density at radius 1 is 1.07 bits per heavy atom. The van der Waals surface area contributed by atoms with Crippen LogP contribution in [0.25, 0.3) is 0 Å². The van der Waals surface area contributed by atoms with Gasteiger partial charge in [-0.3, -0.25) is 0 Å². The van der Waals surface area contributed by atoms with Gasteiger partial charge in [-0.25, -0.2) is 13.2 Å². The molecule has 0 radical (unpaired) electrons. The van der Waals surface area contributed by atoms with E-state index in [1.54, 1.807) is 0 Å². The molecule has 2 N–H and O–H groups in total. The average Bonchev–Trinajstić information content (AvgIpc) is 2.64. The molecule has 0 saturated carbocycles. The molecule has 0 bridgehead atoms. The highest BCUT2D eigenvalue weighted by Crippen LogP contribution is 2.34. The summed E-state index contributed by atoms with van der Waals surface area (Å²) in [6, 6.07) is 8.85. The minimum Gasteiger partial charge on any atom is -0.489 e. The van der Waals surface area contributed by atoms with Crippen molar-refractivity contribution in [2.75, 3.05) is 25.6 Å². The Kier molecular flexibility index (Phi) is 5.75. The zero-order valence-corrected chi connectivity index (χ0v) is 15.4. The third kappa shape index (κ3) is 4.45. The highest BCUT2D eigenvalue weighted by Gasteiger charge is 2.28. The minimum absolute atomic E-state index is 0.122. The first-order valence-corrected chi connectivity index (χ1v) is 8.83. The molecule has 2 aromatic rings. The van der Waals surface area contributed by atoms with Gasteiger partial charge in [0.1, 0.15) is 18.2 Å². The fourth-order valence-electron chi connectivity index (χ4n) is 3.32. The molecule has 1 aliphatic carbocycles. The molecule has 2 aromatic carbocycles. The van der Waals surface area contributed by atoms with Gasteiger partial charge < -0.3 is 15.4 Å². The average molecular weight is 376 g/mol. The van der Waals surface area contributed by atoms with Gasteiger partial charge >= 0.3 is 0 Å². The van der Waals surface area contributed by atoms with Crippen molar-refractivity contribution in [2.24, 2.45) is 5.73 Å². The van der Waals surface area contributed by atoms with Crippen molar-refractivity contribution in [3.05, 3.63) is 71.1 Å². The van der Waals surface area contributed by atoms with Gasteiger partial charge in [0.15, 0.2) is 11.6 Å². The predicted octanol–water partition coefficient (Wildman–Crippen LogP) is 4.38. The van der Waals surface area contributed by atoms with E-state index in [4.69, 9.17) is 10.5 Å². The Hall–Kier alpha value is -2.47. The molecular formula is C21H23F3N2O. The maximum atomic E-state index is 14.0. The first-order valence-electron chi connectivity index (χ1n) is 8.83. The Labute approximate surface area is 157 Å². The summed E-state index contributed by atoms with van der Waals surface area (Å²) in [4.78, 5) is 1.99. The summed E-state index contributed by atoms with van der Waals surface area (Å²) in [5.74, 6) is -2.64. The van der Waals surface area contributed by atoms with Crippen molar-refractivity contribution in [3.63, 3.8) is 0 Å². The third-order valence-corrected chi connectivity index (χ3v) is 4.87. The molecule has 1 aliphatic rings. The molecule has 0 saturated heterocycles. The highest BCUT2D eigenvalue weighted by atomic mass is 19.2. The standard InChI is InChI=1S/C21H23F3N2O/c1-26(2)14-4-3-5-15(9-14)27-12-13-6-7-16(21(25)8-13)17-10-19(23)20(24)11-18(17)22/h3-6,9-11,16,21H,7-8,12,25H2,1-2H3/t16-,21+/m0/s1. The second-order valence-electron chi connectivity index (χ2n) is 7.04. The van der Waals surface area contributed by atoms with Crippen LogP contribution < -0.4 is 15.4 Å². The number of ether oxygens (including phenoxy) is 1. The van der Waals surface area contributed by atoms with Crippen LogP contribution in [0.1, 0.15) is 24.3 Å². The van der Waals surface area contributed by atoms with E-state index in [0.29, 0.717) is 25.5 Å². The molecular weight excluding hydrogens is 353 g/mol. The van der Waals surface area contributed by atoms with E-state index in [1.165, 1.54) is 0 Å². The van der Waals surface area contributed by atoms with E-state index in [2.05, 4.69) is 0 Å². The molecule has 0 spiro atoms. The topological polar surface area (TPSA) is 38.5 Å². The number of benzene rings is 2. The van der Waals surface area contributed by atoms with Gasteiger partial charge in [0, 0.05) is 43.9 Å². The quantitative estimate of drug-likeness (QED) is 0.622. The first-order chi connectivity index (χ1) is 12.8. The molecule has 6 heteroatoms. The SMILES string of the molecule is CN(C)c1cccc(OCC2=CC[C@@H](c3cc(F)c(F)cc3F)[C@H](N)C2)c1. The van der Waals surface area contributed by atoms with E-state index in [0.717, 1.165) is 23.1 Å². The Balaban J connectivity index is 1.67. The van der Waals surface area contributed by atoms with Crippen LogP contribution in [0.2, 0.25) is 0 Å². The summed E-state index contributed by atoms with van der Waals surface area (Å²) < 4.78 is 46.5. The van der Waals surface area contributed by atoms with Gasteiger partial charge in [0.2, 0.25) is 0 Å². The fraction of sp³-hybridized carbons (Fsp3) is 0.333. The van der Waals surface area contributed by atoms with Gasteiger partial charge in [-0.2, -0.15) is 0 Å². The summed E-state index contributed by atoms with van der Waals surface area (Å²) >= 11 is 0. The minimum atomic E-state index is -1.19. The first kappa shape index (κ1) is 19.3. The Morgan fingerprint density at radius 2 is 1.81 bits per heavy atom. The van der Waals surface area contributed by atoms with Gasteiger partial charge in [-0.15, -0.1) is 0 Å². The lowest BCUT2D eigenvalue weighted by molar-refractivity contribution is 0.335. The molecule has 0 unspecified atom stereocenters. The summed E-state index contributed by atoms with van der Waals surface area (Å²) in [7, 11) is 3.92. The van der Waals surface area contributed by atoms with Crippen LogP contribution >= 0.6 is 0 Å². The van der Waals surface area contributed by atoms with Crippen LogP contribution in [-0.4, -0.2) is 26.7 Å². The summed E-state index contributed by atoms with van der Waals surface area (Å²) in [6.07, 6.45) is 2.92. The van der Waals surface area contributed by atoms with Gasteiger partial charge in [-0.05, 0) is 42.2 Å². The number of anilines is 1. The van der Waals surface area contributed by atoms with Crippen molar-refractivity contribution in [3.8, 4) is 5.75 Å². The zero-order valence-electron chi connectivity index (χ0n) is 15.4. The van der Waals surface area contributed by atoms with Crippen LogP contribution in [-0.2, 0) is 0 Å². The van der Waals surface area contributed by atoms with Crippen LogP contribution in [0.5, 0.6) is 5.75 Å². The number of allylic oxidation sites excluding steroid dienone is 1. The molecule has 0 amide bonds. The summed E-state index contributed by atoms with van der Waals surface area (Å²) in [6.45, 7) is 0.386. The highest BCUT2D eigenvalue weighted by molar-refractivity contribution is 5.49. The van der Waals surface area contributed by atoms with Crippen LogP contribution in [0.15, 0.2) is 48.0 Å². The van der Waals surface area contributed by atoms with Crippen molar-refractivity contribution in [1.29, 1.82) is 0 Å². The van der Waals surface area contributed by atoms with E-state index >= 15 is 0 Å². The smallest absolute Gasteiger partial charge is 0.161 e. The number of halogens is 3. The van der Waals surface area contributed by atoms with E-state index < -0.39 is 17.5 Å². The number of nitrogens with two attached hydrogens (primary N) is 1. The third-order valence-electron chi connectivity index (χ3n) is 4.87. The van der Waals surface area contributed by atoms with Gasteiger partial charge in [-0.1, -0.05) is 12.1 Å². The molecule has 3 rings (SSSR count). The van der Waals surface area contributed by atoms with Crippen molar-refractivity contribution >= 4 is 5.69 Å². The number of nitrogens with zero attached hydrogens (tertiary/aromatic N) is 1. The lowest BCUT2D eigenvalue weighted by Gasteiger charge is -2.29. The molecule has 3 nitrogen and oxygen atoms in total. The lowest BCUT2D eigenvalue weighted by Crippen LogP contribution is -2.33. The van der Waals surface area contributed by atoms with E-state index in [9.17, 15) is 13.2 Å². The molecule has 27 heavy (non-hydrogen) atoms. The summed E-state index contributed by atoms with van der Waals surface area (Å²) in [5, 5.41) is 0. The maximum absolute atomic E-state index is 14.0. The van der Waals surface area contributed by atoms with E-state index in [-0.39, 0.29) is 17.5 Å². The van der Waals surface area contributed by atoms with Gasteiger partial charge in [0.05, 0.1) is 0 Å². The van der Waals surface area contributed by atoms with Crippen LogP contribution in [0, 0.1) is 17.5 Å². The van der Waals surface area contributed by atoms with Crippen molar-refractivity contribution < 1.29 is 17.9 Å². The van der Waals surface area contributed by atoms with Crippen molar-refractivity contribution in [2.45, 2.75) is 24.8 Å². The molecule has 0 fully saturated rings. The number of hydrogen-bond acceptors (Lipinski definition) is 3. The Bertz CT molecular complexity index is 851. The maximum Gasteiger partial charge on any atom is 0.161 e. The molecule has 0 aliphatic heterocycles. The second-order valence-corrected chi connectivity index (χ2v) is 7.04.